The third kappa shape index (κ3) is 3.51. The van der Waals surface area contributed by atoms with Gasteiger partial charge in [0.25, 0.3) is 0 Å². The van der Waals surface area contributed by atoms with Gasteiger partial charge in [-0.25, -0.2) is 9.97 Å². The molecule has 23 heavy (non-hydrogen) atoms. The van der Waals surface area contributed by atoms with Crippen LogP contribution in [0.1, 0.15) is 11.3 Å². The molecular weight excluding hydrogens is 316 g/mol. The number of benzene rings is 1. The number of rotatable bonds is 5. The molecule has 4 N–H and O–H groups in total. The Morgan fingerprint density at radius 1 is 1.22 bits per heavy atom. The van der Waals surface area contributed by atoms with Gasteiger partial charge in [-0.1, -0.05) is 35.0 Å². The summed E-state index contributed by atoms with van der Waals surface area (Å²) >= 11 is 6.14. The number of halogens is 1. The minimum Gasteiger partial charge on any atom is -0.393 e. The van der Waals surface area contributed by atoms with Crippen LogP contribution in [0.15, 0.2) is 41.2 Å². The lowest BCUT2D eigenvalue weighted by Crippen LogP contribution is -2.08. The highest BCUT2D eigenvalue weighted by Crippen LogP contribution is 2.26. The first kappa shape index (κ1) is 15.1. The van der Waals surface area contributed by atoms with E-state index in [2.05, 4.69) is 25.8 Å². The number of anilines is 4. The van der Waals surface area contributed by atoms with Gasteiger partial charge in [-0.2, -0.15) is 0 Å². The summed E-state index contributed by atoms with van der Waals surface area (Å²) in [5, 5.41) is 10.7. The SMILES string of the molecule is Cc1cc(Nc2ncnc(NCc3ccccc3Cl)c2N)no1. The van der Waals surface area contributed by atoms with Crippen molar-refractivity contribution in [3.63, 3.8) is 0 Å². The Bertz CT molecular complexity index is 819. The van der Waals surface area contributed by atoms with Gasteiger partial charge in [0.1, 0.15) is 17.8 Å². The largest absolute Gasteiger partial charge is 0.393 e. The van der Waals surface area contributed by atoms with E-state index in [4.69, 9.17) is 21.9 Å². The van der Waals surface area contributed by atoms with E-state index >= 15 is 0 Å². The van der Waals surface area contributed by atoms with Crippen LogP contribution in [0.3, 0.4) is 0 Å². The number of aryl methyl sites for hydroxylation is 1. The predicted octanol–water partition coefficient (Wildman–Crippen LogP) is 3.36. The van der Waals surface area contributed by atoms with Crippen LogP contribution < -0.4 is 16.4 Å². The second kappa shape index (κ2) is 6.53. The van der Waals surface area contributed by atoms with Gasteiger partial charge in [0.15, 0.2) is 17.5 Å². The van der Waals surface area contributed by atoms with Gasteiger partial charge in [0.05, 0.1) is 0 Å². The van der Waals surface area contributed by atoms with Crippen LogP contribution in [0, 0.1) is 6.92 Å². The van der Waals surface area contributed by atoms with E-state index in [0.717, 1.165) is 5.56 Å². The molecule has 2 aromatic heterocycles. The van der Waals surface area contributed by atoms with E-state index in [0.29, 0.717) is 40.5 Å². The molecule has 0 aliphatic rings. The molecule has 0 unspecified atom stereocenters. The van der Waals surface area contributed by atoms with Crippen molar-refractivity contribution in [2.24, 2.45) is 0 Å². The van der Waals surface area contributed by atoms with Crippen molar-refractivity contribution in [3.05, 3.63) is 53.0 Å². The molecule has 0 aliphatic heterocycles. The minimum atomic E-state index is 0.389. The lowest BCUT2D eigenvalue weighted by atomic mass is 10.2. The van der Waals surface area contributed by atoms with Gasteiger partial charge in [0.2, 0.25) is 0 Å². The molecule has 0 bridgehead atoms. The van der Waals surface area contributed by atoms with Crippen LogP contribution in [0.4, 0.5) is 23.1 Å². The second-order valence-electron chi connectivity index (χ2n) is 4.88. The first-order valence-electron chi connectivity index (χ1n) is 6.91. The van der Waals surface area contributed by atoms with Crippen LogP contribution in [0.5, 0.6) is 0 Å². The highest BCUT2D eigenvalue weighted by Gasteiger charge is 2.10. The van der Waals surface area contributed by atoms with Crippen molar-refractivity contribution < 1.29 is 4.52 Å². The average molecular weight is 331 g/mol. The molecule has 0 spiro atoms. The molecule has 3 aromatic rings. The number of nitrogens with zero attached hydrogens (tertiary/aromatic N) is 3. The number of nitrogens with one attached hydrogen (secondary N) is 2. The summed E-state index contributed by atoms with van der Waals surface area (Å²) in [5.74, 6) is 2.19. The Hall–Kier alpha value is -2.80. The van der Waals surface area contributed by atoms with Gasteiger partial charge in [-0.3, -0.25) is 0 Å². The van der Waals surface area contributed by atoms with Crippen molar-refractivity contribution in [2.75, 3.05) is 16.4 Å². The predicted molar refractivity (Wildman–Crippen MR) is 89.7 cm³/mol. The molecule has 7 nitrogen and oxygen atoms in total. The lowest BCUT2D eigenvalue weighted by molar-refractivity contribution is 0.400. The highest BCUT2D eigenvalue weighted by atomic mass is 35.5. The normalized spacial score (nSPS) is 10.5. The third-order valence-electron chi connectivity index (χ3n) is 3.16. The standard InChI is InChI=1S/C15H15ClN6O/c1-9-6-12(22-23-9)21-15-13(17)14(19-8-20-15)18-7-10-4-2-3-5-11(10)16/h2-6,8H,7,17H2,1H3,(H2,18,19,20,21,22). The van der Waals surface area contributed by atoms with Gasteiger partial charge < -0.3 is 20.9 Å². The zero-order valence-corrected chi connectivity index (χ0v) is 13.1. The molecule has 0 radical (unpaired) electrons. The molecule has 0 fully saturated rings. The Balaban J connectivity index is 1.75. The number of nitrogen functional groups attached to an aromatic ring is 1. The number of hydrogen-bond acceptors (Lipinski definition) is 7. The smallest absolute Gasteiger partial charge is 0.175 e. The molecule has 1 aromatic carbocycles. The maximum atomic E-state index is 6.14. The second-order valence-corrected chi connectivity index (χ2v) is 5.28. The topological polar surface area (TPSA) is 102 Å². The zero-order chi connectivity index (χ0) is 16.2. The van der Waals surface area contributed by atoms with Crippen LogP contribution >= 0.6 is 11.6 Å². The number of hydrogen-bond donors (Lipinski definition) is 3. The van der Waals surface area contributed by atoms with Crippen LogP contribution in [-0.4, -0.2) is 15.1 Å². The zero-order valence-electron chi connectivity index (χ0n) is 12.4. The summed E-state index contributed by atoms with van der Waals surface area (Å²) in [6.07, 6.45) is 1.42. The van der Waals surface area contributed by atoms with E-state index in [9.17, 15) is 0 Å². The van der Waals surface area contributed by atoms with Gasteiger partial charge in [-0.05, 0) is 18.6 Å². The molecule has 0 saturated heterocycles. The summed E-state index contributed by atoms with van der Waals surface area (Å²) in [7, 11) is 0. The highest BCUT2D eigenvalue weighted by molar-refractivity contribution is 6.31. The molecule has 0 saturated carbocycles. The number of aromatic nitrogens is 3. The maximum Gasteiger partial charge on any atom is 0.175 e. The van der Waals surface area contributed by atoms with Crippen molar-refractivity contribution in [3.8, 4) is 0 Å². The van der Waals surface area contributed by atoms with Crippen LogP contribution in [0.2, 0.25) is 5.02 Å². The van der Waals surface area contributed by atoms with Crippen LogP contribution in [-0.2, 0) is 6.54 Å². The van der Waals surface area contributed by atoms with Crippen molar-refractivity contribution in [1.82, 2.24) is 15.1 Å². The molecule has 0 atom stereocenters. The first-order valence-corrected chi connectivity index (χ1v) is 7.29. The van der Waals surface area contributed by atoms with E-state index in [1.807, 2.05) is 24.3 Å². The van der Waals surface area contributed by atoms with E-state index in [1.165, 1.54) is 6.33 Å². The maximum absolute atomic E-state index is 6.14. The molecule has 2 heterocycles. The Kier molecular flexibility index (Phi) is 4.29. The summed E-state index contributed by atoms with van der Waals surface area (Å²) in [4.78, 5) is 8.28. The Labute approximate surface area is 137 Å². The lowest BCUT2D eigenvalue weighted by Gasteiger charge is -2.11. The Morgan fingerprint density at radius 2 is 2.00 bits per heavy atom. The summed E-state index contributed by atoms with van der Waals surface area (Å²) in [6.45, 7) is 2.31. The van der Waals surface area contributed by atoms with Crippen molar-refractivity contribution in [1.29, 1.82) is 0 Å². The average Bonchev–Trinajstić information content (AvgIpc) is 2.95. The van der Waals surface area contributed by atoms with E-state index < -0.39 is 0 Å². The minimum absolute atomic E-state index is 0.389. The molecule has 8 heteroatoms. The molecule has 0 amide bonds. The molecular formula is C15H15ClN6O. The first-order chi connectivity index (χ1) is 11.1. The van der Waals surface area contributed by atoms with Crippen molar-refractivity contribution >= 4 is 34.7 Å². The van der Waals surface area contributed by atoms with E-state index in [-0.39, 0.29) is 0 Å². The van der Waals surface area contributed by atoms with Crippen molar-refractivity contribution in [2.45, 2.75) is 13.5 Å². The number of nitrogens with two attached hydrogens (primary N) is 1. The van der Waals surface area contributed by atoms with Gasteiger partial charge >= 0.3 is 0 Å². The van der Waals surface area contributed by atoms with Crippen LogP contribution in [0.25, 0.3) is 0 Å². The van der Waals surface area contributed by atoms with E-state index in [1.54, 1.807) is 13.0 Å². The van der Waals surface area contributed by atoms with Gasteiger partial charge in [-0.15, -0.1) is 0 Å². The van der Waals surface area contributed by atoms with Gasteiger partial charge in [0, 0.05) is 17.6 Å². The summed E-state index contributed by atoms with van der Waals surface area (Å²) in [5.41, 5.74) is 7.44. The summed E-state index contributed by atoms with van der Waals surface area (Å²) in [6, 6.07) is 9.32. The summed E-state index contributed by atoms with van der Waals surface area (Å²) < 4.78 is 5.00. The molecule has 3 rings (SSSR count). The fourth-order valence-corrected chi connectivity index (χ4v) is 2.21. The monoisotopic (exact) mass is 330 g/mol. The fraction of sp³-hybridized carbons (Fsp3) is 0.133. The molecule has 0 aliphatic carbocycles. The third-order valence-corrected chi connectivity index (χ3v) is 3.53. The quantitative estimate of drug-likeness (QED) is 0.659. The Morgan fingerprint density at radius 3 is 2.74 bits per heavy atom. The fourth-order valence-electron chi connectivity index (χ4n) is 2.00. The molecule has 118 valence electrons.